The molecule has 3 N–H and O–H groups in total. The van der Waals surface area contributed by atoms with Gasteiger partial charge in [-0.2, -0.15) is 5.10 Å². The van der Waals surface area contributed by atoms with Crippen molar-refractivity contribution >= 4 is 33.7 Å². The number of aromatic nitrogens is 7. The number of carbonyl (C=O) groups is 1. The van der Waals surface area contributed by atoms with Crippen LogP contribution in [0.1, 0.15) is 13.8 Å². The monoisotopic (exact) mass is 522 g/mol. The molecule has 1 aromatic carbocycles. The van der Waals surface area contributed by atoms with Gasteiger partial charge in [0.05, 0.1) is 41.4 Å². The average molecular weight is 523 g/mol. The number of aromatic amines is 2. The first-order valence-electron chi connectivity index (χ1n) is 12.2. The molecule has 0 aliphatic rings. The number of anilines is 1. The van der Waals surface area contributed by atoms with Crippen LogP contribution in [0.2, 0.25) is 0 Å². The van der Waals surface area contributed by atoms with E-state index in [1.54, 1.807) is 30.7 Å². The summed E-state index contributed by atoms with van der Waals surface area (Å²) < 4.78 is 19.4. The number of hydrogen-bond donors (Lipinski definition) is 3. The summed E-state index contributed by atoms with van der Waals surface area (Å²) in [4.78, 5) is 33.7. The Bertz CT molecular complexity index is 1860. The van der Waals surface area contributed by atoms with E-state index in [9.17, 15) is 9.18 Å². The number of carbonyl (C=O) groups excluding carboxylic acids is 1. The zero-order valence-corrected chi connectivity index (χ0v) is 21.3. The third-order valence-corrected chi connectivity index (χ3v) is 6.24. The zero-order valence-electron chi connectivity index (χ0n) is 21.3. The minimum atomic E-state index is -0.434. The zero-order chi connectivity index (χ0) is 27.1. The highest BCUT2D eigenvalue weighted by atomic mass is 19.1. The molecule has 0 bridgehead atoms. The SMILES string of the molecule is COc1cc(F)cc(-c2nccc3[nH]c(-c4n[nH]c5ccc(-c6cncc(NC(=O)C(C)C)c6)nc45)nc23)c1. The molecule has 0 radical (unpaired) electrons. The van der Waals surface area contributed by atoms with Crippen LogP contribution in [0.15, 0.2) is 61.1 Å². The van der Waals surface area contributed by atoms with Crippen LogP contribution in [-0.2, 0) is 4.79 Å². The van der Waals surface area contributed by atoms with Gasteiger partial charge in [-0.05, 0) is 36.4 Å². The summed E-state index contributed by atoms with van der Waals surface area (Å²) >= 11 is 0. The van der Waals surface area contributed by atoms with Crippen LogP contribution < -0.4 is 10.1 Å². The maximum absolute atomic E-state index is 14.2. The van der Waals surface area contributed by atoms with E-state index >= 15 is 0 Å². The molecule has 0 atom stereocenters. The van der Waals surface area contributed by atoms with E-state index < -0.39 is 5.82 Å². The summed E-state index contributed by atoms with van der Waals surface area (Å²) in [6.07, 6.45) is 4.92. The number of ether oxygens (including phenoxy) is 1. The second kappa shape index (κ2) is 9.60. The van der Waals surface area contributed by atoms with E-state index in [0.29, 0.717) is 56.5 Å². The fraction of sp³-hybridized carbons (Fsp3) is 0.143. The van der Waals surface area contributed by atoms with Crippen LogP contribution in [0.25, 0.3) is 56.1 Å². The Labute approximate surface area is 221 Å². The molecular weight excluding hydrogens is 499 g/mol. The van der Waals surface area contributed by atoms with Gasteiger partial charge < -0.3 is 15.0 Å². The number of H-pyrrole nitrogens is 2. The second-order valence-electron chi connectivity index (χ2n) is 9.29. The lowest BCUT2D eigenvalue weighted by atomic mass is 10.1. The first-order chi connectivity index (χ1) is 18.9. The van der Waals surface area contributed by atoms with Crippen molar-refractivity contribution in [2.75, 3.05) is 12.4 Å². The van der Waals surface area contributed by atoms with Crippen molar-refractivity contribution in [2.45, 2.75) is 13.8 Å². The second-order valence-corrected chi connectivity index (χ2v) is 9.29. The minimum absolute atomic E-state index is 0.0927. The van der Waals surface area contributed by atoms with Gasteiger partial charge in [0.2, 0.25) is 5.91 Å². The first-order valence-corrected chi connectivity index (χ1v) is 12.2. The number of nitrogens with zero attached hydrogens (tertiary/aromatic N) is 5. The number of imidazole rings is 1. The summed E-state index contributed by atoms with van der Waals surface area (Å²) in [5.74, 6) is 0.187. The normalized spacial score (nSPS) is 11.4. The molecule has 5 aromatic heterocycles. The molecule has 1 amide bonds. The number of halogens is 1. The largest absolute Gasteiger partial charge is 0.497 e. The standard InChI is InChI=1S/C28H23FN8O2/c1-14(2)28(38)32-18-9-16(12-30-13-18)20-4-5-22-25(33-20)26(37-36-22)27-34-21-6-7-31-23(24(21)35-27)15-8-17(29)11-19(10-15)39-3/h4-14H,1-3H3,(H,32,38)(H,34,35)(H,36,37). The lowest BCUT2D eigenvalue weighted by Crippen LogP contribution is -2.17. The number of pyridine rings is 3. The highest BCUT2D eigenvalue weighted by molar-refractivity contribution is 5.95. The molecule has 11 heteroatoms. The third kappa shape index (κ3) is 4.54. The Morgan fingerprint density at radius 1 is 0.974 bits per heavy atom. The molecule has 0 aliphatic heterocycles. The number of hydrogen-bond acceptors (Lipinski definition) is 7. The fourth-order valence-electron chi connectivity index (χ4n) is 4.24. The average Bonchev–Trinajstić information content (AvgIpc) is 3.56. The van der Waals surface area contributed by atoms with Gasteiger partial charge in [-0.25, -0.2) is 14.4 Å². The van der Waals surface area contributed by atoms with Crippen molar-refractivity contribution in [1.82, 2.24) is 35.1 Å². The van der Waals surface area contributed by atoms with Gasteiger partial charge in [-0.3, -0.25) is 19.9 Å². The van der Waals surface area contributed by atoms with Crippen molar-refractivity contribution in [1.29, 1.82) is 0 Å². The highest BCUT2D eigenvalue weighted by Crippen LogP contribution is 2.32. The molecule has 0 aliphatic carbocycles. The molecule has 0 fully saturated rings. The molecule has 6 rings (SSSR count). The molecule has 0 spiro atoms. The molecule has 5 heterocycles. The van der Waals surface area contributed by atoms with Crippen LogP contribution in [0.5, 0.6) is 5.75 Å². The quantitative estimate of drug-likeness (QED) is 0.268. The number of methoxy groups -OCH3 is 1. The highest BCUT2D eigenvalue weighted by Gasteiger charge is 2.18. The molecule has 6 aromatic rings. The summed E-state index contributed by atoms with van der Waals surface area (Å²) in [7, 11) is 1.48. The molecule has 194 valence electrons. The van der Waals surface area contributed by atoms with Crippen LogP contribution in [0, 0.1) is 11.7 Å². The number of rotatable bonds is 6. The molecule has 0 unspecified atom stereocenters. The Kier molecular flexibility index (Phi) is 5.95. The van der Waals surface area contributed by atoms with Crippen molar-refractivity contribution in [3.05, 3.63) is 66.9 Å². The molecular formula is C28H23FN8O2. The Morgan fingerprint density at radius 3 is 2.64 bits per heavy atom. The van der Waals surface area contributed by atoms with Gasteiger partial charge in [0, 0.05) is 35.5 Å². The molecule has 0 saturated carbocycles. The molecule has 0 saturated heterocycles. The van der Waals surface area contributed by atoms with Crippen molar-refractivity contribution < 1.29 is 13.9 Å². The van der Waals surface area contributed by atoms with Gasteiger partial charge in [-0.1, -0.05) is 13.8 Å². The fourth-order valence-corrected chi connectivity index (χ4v) is 4.24. The number of benzene rings is 1. The van der Waals surface area contributed by atoms with E-state index in [-0.39, 0.29) is 11.8 Å². The van der Waals surface area contributed by atoms with Gasteiger partial charge in [0.15, 0.2) is 11.5 Å². The summed E-state index contributed by atoms with van der Waals surface area (Å²) in [5, 5.41) is 10.3. The Morgan fingerprint density at radius 2 is 1.82 bits per heavy atom. The van der Waals surface area contributed by atoms with E-state index in [4.69, 9.17) is 14.7 Å². The van der Waals surface area contributed by atoms with Gasteiger partial charge >= 0.3 is 0 Å². The lowest BCUT2D eigenvalue weighted by molar-refractivity contribution is -0.118. The Balaban J connectivity index is 1.41. The third-order valence-electron chi connectivity index (χ3n) is 6.24. The van der Waals surface area contributed by atoms with Crippen LogP contribution in [0.4, 0.5) is 10.1 Å². The van der Waals surface area contributed by atoms with E-state index in [0.717, 1.165) is 11.1 Å². The summed E-state index contributed by atoms with van der Waals surface area (Å²) in [6.45, 7) is 3.66. The summed E-state index contributed by atoms with van der Waals surface area (Å²) in [5.41, 5.74) is 6.14. The van der Waals surface area contributed by atoms with Gasteiger partial charge in [0.25, 0.3) is 0 Å². The smallest absolute Gasteiger partial charge is 0.226 e. The van der Waals surface area contributed by atoms with Crippen LogP contribution in [0.3, 0.4) is 0 Å². The maximum atomic E-state index is 14.2. The van der Waals surface area contributed by atoms with Gasteiger partial charge in [0.1, 0.15) is 22.6 Å². The number of amides is 1. The van der Waals surface area contributed by atoms with Crippen molar-refractivity contribution in [3.63, 3.8) is 0 Å². The minimum Gasteiger partial charge on any atom is -0.497 e. The van der Waals surface area contributed by atoms with Gasteiger partial charge in [-0.15, -0.1) is 0 Å². The van der Waals surface area contributed by atoms with E-state index in [1.807, 2.05) is 32.0 Å². The molecule has 10 nitrogen and oxygen atoms in total. The van der Waals surface area contributed by atoms with Crippen molar-refractivity contribution in [2.24, 2.45) is 5.92 Å². The van der Waals surface area contributed by atoms with Crippen LogP contribution >= 0.6 is 0 Å². The summed E-state index contributed by atoms with van der Waals surface area (Å²) in [6, 6.07) is 11.8. The molecule has 39 heavy (non-hydrogen) atoms. The predicted octanol–water partition coefficient (Wildman–Crippen LogP) is 5.37. The first kappa shape index (κ1) is 24.2. The number of fused-ring (bicyclic) bond motifs is 2. The van der Waals surface area contributed by atoms with Crippen molar-refractivity contribution in [3.8, 4) is 39.8 Å². The topological polar surface area (TPSA) is 134 Å². The van der Waals surface area contributed by atoms with E-state index in [1.165, 1.54) is 19.2 Å². The lowest BCUT2D eigenvalue weighted by Gasteiger charge is -2.08. The Hall–Kier alpha value is -5.19. The van der Waals surface area contributed by atoms with Crippen LogP contribution in [-0.4, -0.2) is 48.1 Å². The number of nitrogens with one attached hydrogen (secondary N) is 3. The van der Waals surface area contributed by atoms with E-state index in [2.05, 4.69) is 30.5 Å². The maximum Gasteiger partial charge on any atom is 0.226 e. The predicted molar refractivity (Wildman–Crippen MR) is 145 cm³/mol.